The molecule has 2 aromatic heterocycles. The lowest BCUT2D eigenvalue weighted by Crippen LogP contribution is -2.12. The van der Waals surface area contributed by atoms with Crippen molar-refractivity contribution in [2.45, 2.75) is 0 Å². The highest BCUT2D eigenvalue weighted by atomic mass is 16.3. The van der Waals surface area contributed by atoms with Crippen LogP contribution in [-0.4, -0.2) is 30.8 Å². The van der Waals surface area contributed by atoms with Crippen molar-refractivity contribution in [2.24, 2.45) is 10.2 Å². The fourth-order valence-electron chi connectivity index (χ4n) is 4.22. The van der Waals surface area contributed by atoms with Gasteiger partial charge in [0.15, 0.2) is 11.6 Å². The summed E-state index contributed by atoms with van der Waals surface area (Å²) in [7, 11) is 0. The Morgan fingerprint density at radius 2 is 1.64 bits per heavy atom. The Morgan fingerprint density at radius 1 is 0.897 bits per heavy atom. The SMILES string of the molecule is N#Cc1cnn(-c2ncccn2)c1N=Nc1c(O)c(C(=O)Nc2ccc3ccccc3c2)cc2ccccc12. The van der Waals surface area contributed by atoms with Crippen LogP contribution in [0.4, 0.5) is 17.2 Å². The fourth-order valence-corrected chi connectivity index (χ4v) is 4.22. The number of nitriles is 1. The molecule has 2 heterocycles. The number of hydrogen-bond donors (Lipinski definition) is 2. The minimum atomic E-state index is -0.509. The number of phenolic OH excluding ortho intramolecular Hbond substituents is 1. The van der Waals surface area contributed by atoms with E-state index in [1.165, 1.54) is 23.3 Å². The topological polar surface area (TPSA) is 141 Å². The van der Waals surface area contributed by atoms with Crippen LogP contribution in [0.15, 0.2) is 108 Å². The van der Waals surface area contributed by atoms with Gasteiger partial charge in [0.2, 0.25) is 0 Å². The molecule has 0 atom stereocenters. The number of hydrogen-bond acceptors (Lipinski definition) is 8. The molecule has 10 heteroatoms. The van der Waals surface area contributed by atoms with Gasteiger partial charge in [-0.1, -0.05) is 54.6 Å². The normalized spacial score (nSPS) is 11.2. The second-order valence-corrected chi connectivity index (χ2v) is 8.51. The molecule has 186 valence electrons. The Morgan fingerprint density at radius 3 is 2.44 bits per heavy atom. The van der Waals surface area contributed by atoms with Crippen molar-refractivity contribution < 1.29 is 9.90 Å². The van der Waals surface area contributed by atoms with Crippen molar-refractivity contribution in [1.29, 1.82) is 5.26 Å². The number of phenols is 1. The molecule has 39 heavy (non-hydrogen) atoms. The second kappa shape index (κ2) is 9.84. The molecule has 0 fully saturated rings. The van der Waals surface area contributed by atoms with Gasteiger partial charge in [-0.25, -0.2) is 9.97 Å². The number of benzene rings is 4. The average Bonchev–Trinajstić information content (AvgIpc) is 3.39. The summed E-state index contributed by atoms with van der Waals surface area (Å²) in [5.74, 6) is -0.578. The molecular formula is C29H18N8O2. The molecule has 0 radical (unpaired) electrons. The lowest BCUT2D eigenvalue weighted by molar-refractivity contribution is 0.102. The number of amides is 1. The van der Waals surface area contributed by atoms with Crippen LogP contribution in [0.5, 0.6) is 5.75 Å². The number of aromatic hydroxyl groups is 1. The minimum Gasteiger partial charge on any atom is -0.505 e. The summed E-state index contributed by atoms with van der Waals surface area (Å²) >= 11 is 0. The molecule has 0 saturated heterocycles. The summed E-state index contributed by atoms with van der Waals surface area (Å²) in [6.07, 6.45) is 4.40. The van der Waals surface area contributed by atoms with E-state index >= 15 is 0 Å². The van der Waals surface area contributed by atoms with Crippen molar-refractivity contribution in [2.75, 3.05) is 5.32 Å². The molecule has 0 aliphatic carbocycles. The number of fused-ring (bicyclic) bond motifs is 2. The van der Waals surface area contributed by atoms with Gasteiger partial charge in [0.05, 0.1) is 11.8 Å². The maximum Gasteiger partial charge on any atom is 0.259 e. The monoisotopic (exact) mass is 510 g/mol. The van der Waals surface area contributed by atoms with Crippen molar-refractivity contribution in [3.05, 3.63) is 109 Å². The number of nitrogens with one attached hydrogen (secondary N) is 1. The highest BCUT2D eigenvalue weighted by Crippen LogP contribution is 2.40. The summed E-state index contributed by atoms with van der Waals surface area (Å²) in [6, 6.07) is 25.8. The molecule has 6 rings (SSSR count). The zero-order chi connectivity index (χ0) is 26.8. The highest BCUT2D eigenvalue weighted by molar-refractivity contribution is 6.12. The molecule has 6 aromatic rings. The lowest BCUT2D eigenvalue weighted by atomic mass is 10.0. The highest BCUT2D eigenvalue weighted by Gasteiger charge is 2.20. The molecule has 0 bridgehead atoms. The zero-order valence-corrected chi connectivity index (χ0v) is 20.2. The third kappa shape index (κ3) is 4.41. The van der Waals surface area contributed by atoms with E-state index in [0.717, 1.165) is 10.8 Å². The Balaban J connectivity index is 1.42. The second-order valence-electron chi connectivity index (χ2n) is 8.51. The van der Waals surface area contributed by atoms with Crippen LogP contribution in [-0.2, 0) is 0 Å². The van der Waals surface area contributed by atoms with Gasteiger partial charge in [-0.3, -0.25) is 4.79 Å². The van der Waals surface area contributed by atoms with Crippen molar-refractivity contribution in [1.82, 2.24) is 19.7 Å². The van der Waals surface area contributed by atoms with Crippen LogP contribution in [0.25, 0.3) is 27.5 Å². The Kier molecular flexibility index (Phi) is 5.91. The van der Waals surface area contributed by atoms with Crippen LogP contribution in [0.3, 0.4) is 0 Å². The first-order chi connectivity index (χ1) is 19.1. The van der Waals surface area contributed by atoms with Crippen LogP contribution < -0.4 is 5.32 Å². The average molecular weight is 511 g/mol. The standard InChI is InChI=1S/C29H18N8O2/c30-16-21-17-33-37(29-31-12-5-13-32-29)27(21)36-35-25-23-9-4-3-8-20(23)15-24(26(25)38)28(39)34-22-11-10-18-6-1-2-7-19(18)14-22/h1-15,17,38H,(H,34,39). The van der Waals surface area contributed by atoms with Crippen molar-refractivity contribution in [3.8, 4) is 17.8 Å². The first-order valence-electron chi connectivity index (χ1n) is 11.8. The quantitative estimate of drug-likeness (QED) is 0.264. The summed E-state index contributed by atoms with van der Waals surface area (Å²) in [5, 5.41) is 39.6. The predicted molar refractivity (Wildman–Crippen MR) is 146 cm³/mol. The predicted octanol–water partition coefficient (Wildman–Crippen LogP) is 6.21. The summed E-state index contributed by atoms with van der Waals surface area (Å²) < 4.78 is 1.28. The number of carbonyl (C=O) groups excluding carboxylic acids is 1. The maximum absolute atomic E-state index is 13.3. The molecule has 0 aliphatic heterocycles. The van der Waals surface area contributed by atoms with Gasteiger partial charge >= 0.3 is 0 Å². The van der Waals surface area contributed by atoms with Gasteiger partial charge in [-0.2, -0.15) is 15.0 Å². The van der Waals surface area contributed by atoms with E-state index in [1.54, 1.807) is 30.3 Å². The van der Waals surface area contributed by atoms with Gasteiger partial charge < -0.3 is 10.4 Å². The van der Waals surface area contributed by atoms with Crippen LogP contribution >= 0.6 is 0 Å². The van der Waals surface area contributed by atoms with E-state index in [-0.39, 0.29) is 34.3 Å². The molecule has 1 amide bonds. The fraction of sp³-hybridized carbons (Fsp3) is 0. The largest absolute Gasteiger partial charge is 0.505 e. The minimum absolute atomic E-state index is 0.0243. The van der Waals surface area contributed by atoms with Crippen LogP contribution in [0, 0.1) is 11.3 Å². The van der Waals surface area contributed by atoms with E-state index < -0.39 is 5.91 Å². The van der Waals surface area contributed by atoms with Crippen molar-refractivity contribution >= 4 is 44.6 Å². The number of rotatable bonds is 5. The Hall–Kier alpha value is -5.95. The first-order valence-corrected chi connectivity index (χ1v) is 11.8. The van der Waals surface area contributed by atoms with E-state index in [4.69, 9.17) is 0 Å². The summed E-state index contributed by atoms with van der Waals surface area (Å²) in [6.45, 7) is 0. The van der Waals surface area contributed by atoms with Crippen LogP contribution in [0.2, 0.25) is 0 Å². The molecule has 0 unspecified atom stereocenters. The maximum atomic E-state index is 13.3. The van der Waals surface area contributed by atoms with Gasteiger partial charge in [0, 0.05) is 23.5 Å². The lowest BCUT2D eigenvalue weighted by Gasteiger charge is -2.12. The van der Waals surface area contributed by atoms with Gasteiger partial charge in [0.1, 0.15) is 17.3 Å². The molecule has 0 aliphatic rings. The molecule has 4 aromatic carbocycles. The van der Waals surface area contributed by atoms with Gasteiger partial charge in [-0.15, -0.1) is 10.2 Å². The molecular weight excluding hydrogens is 492 g/mol. The van der Waals surface area contributed by atoms with Gasteiger partial charge in [0.25, 0.3) is 11.9 Å². The molecule has 0 saturated carbocycles. The van der Waals surface area contributed by atoms with Crippen molar-refractivity contribution in [3.63, 3.8) is 0 Å². The number of carbonyl (C=O) groups is 1. The number of anilines is 1. The Bertz CT molecular complexity index is 1940. The smallest absolute Gasteiger partial charge is 0.259 e. The molecule has 10 nitrogen and oxygen atoms in total. The third-order valence-corrected chi connectivity index (χ3v) is 6.10. The molecule has 2 N–H and O–H groups in total. The number of nitrogens with zero attached hydrogens (tertiary/aromatic N) is 7. The first kappa shape index (κ1) is 23.4. The van der Waals surface area contributed by atoms with E-state index in [2.05, 4.69) is 30.6 Å². The summed E-state index contributed by atoms with van der Waals surface area (Å²) in [4.78, 5) is 21.6. The van der Waals surface area contributed by atoms with Crippen LogP contribution in [0.1, 0.15) is 15.9 Å². The van der Waals surface area contributed by atoms with Gasteiger partial charge in [-0.05, 0) is 40.4 Å². The molecule has 0 spiro atoms. The van der Waals surface area contributed by atoms with E-state index in [9.17, 15) is 15.2 Å². The Labute approximate surface area is 221 Å². The summed E-state index contributed by atoms with van der Waals surface area (Å²) in [5.41, 5.74) is 0.818. The third-order valence-electron chi connectivity index (χ3n) is 6.10. The van der Waals surface area contributed by atoms with E-state index in [0.29, 0.717) is 16.5 Å². The zero-order valence-electron chi connectivity index (χ0n) is 20.2. The number of aromatic nitrogens is 4. The van der Waals surface area contributed by atoms with E-state index in [1.807, 2.05) is 54.6 Å². The number of azo groups is 1.